The van der Waals surface area contributed by atoms with Crippen molar-refractivity contribution in [3.8, 4) is 22.6 Å². The molecule has 76 heavy (non-hydrogen) atoms. The van der Waals surface area contributed by atoms with E-state index < -0.39 is 5.41 Å². The first-order valence-corrected chi connectivity index (χ1v) is 26.6. The van der Waals surface area contributed by atoms with Gasteiger partial charge < -0.3 is 14.5 Å². The predicted octanol–water partition coefficient (Wildman–Crippen LogP) is 19.7. The molecule has 0 saturated carbocycles. The highest BCUT2D eigenvalue weighted by molar-refractivity contribution is 6.20. The van der Waals surface area contributed by atoms with Crippen LogP contribution >= 0.6 is 0 Å². The van der Waals surface area contributed by atoms with Gasteiger partial charge in [0.2, 0.25) is 0 Å². The van der Waals surface area contributed by atoms with Gasteiger partial charge in [-0.3, -0.25) is 4.98 Å². The number of benzene rings is 11. The van der Waals surface area contributed by atoms with Gasteiger partial charge in [-0.1, -0.05) is 169 Å². The van der Waals surface area contributed by atoms with Crippen LogP contribution in [0.5, 0.6) is 11.5 Å². The fourth-order valence-corrected chi connectivity index (χ4v) is 12.5. The molecule has 1 spiro atoms. The molecule has 4 heteroatoms. The van der Waals surface area contributed by atoms with Crippen LogP contribution in [0, 0.1) is 0 Å². The molecule has 1 aliphatic carbocycles. The molecule has 14 rings (SSSR count). The maximum absolute atomic E-state index is 7.30. The Morgan fingerprint density at radius 1 is 0.368 bits per heavy atom. The van der Waals surface area contributed by atoms with Crippen LogP contribution in [0.1, 0.15) is 74.9 Å². The van der Waals surface area contributed by atoms with E-state index in [1.807, 2.05) is 12.3 Å². The number of hydrogen-bond acceptors (Lipinski definition) is 4. The highest BCUT2D eigenvalue weighted by Gasteiger charge is 2.53. The average Bonchev–Trinajstić information content (AvgIpc) is 4.00. The molecule has 0 N–H and O–H groups in total. The predicted molar refractivity (Wildman–Crippen MR) is 318 cm³/mol. The third-order valence-corrected chi connectivity index (χ3v) is 16.2. The van der Waals surface area contributed by atoms with Crippen molar-refractivity contribution >= 4 is 77.3 Å². The quantitative estimate of drug-likeness (QED) is 0.155. The Hall–Kier alpha value is -8.99. The molecule has 0 fully saturated rings. The Labute approximate surface area is 445 Å². The smallest absolute Gasteiger partial charge is 0.132 e. The molecule has 0 unspecified atom stereocenters. The summed E-state index contributed by atoms with van der Waals surface area (Å²) in [4.78, 5) is 9.88. The van der Waals surface area contributed by atoms with Crippen molar-refractivity contribution < 1.29 is 4.74 Å². The number of rotatable bonds is 6. The van der Waals surface area contributed by atoms with E-state index in [9.17, 15) is 0 Å². The lowest BCUT2D eigenvalue weighted by atomic mass is 9.64. The summed E-state index contributed by atoms with van der Waals surface area (Å²) < 4.78 is 7.30. The number of fused-ring (bicyclic) bond motifs is 16. The monoisotopic (exact) mass is 979 g/mol. The number of nitrogens with zero attached hydrogens (tertiary/aromatic N) is 3. The van der Waals surface area contributed by atoms with Crippen LogP contribution in [0.2, 0.25) is 0 Å². The normalized spacial score (nSPS) is 14.6. The van der Waals surface area contributed by atoms with E-state index in [1.54, 1.807) is 0 Å². The Kier molecular flexibility index (Phi) is 10.2. The second-order valence-corrected chi connectivity index (χ2v) is 22.8. The molecule has 0 radical (unpaired) electrons. The zero-order valence-electron chi connectivity index (χ0n) is 43.8. The molecule has 2 aliphatic rings. The molecule has 366 valence electrons. The summed E-state index contributed by atoms with van der Waals surface area (Å²) in [7, 11) is 0. The van der Waals surface area contributed by atoms with Crippen molar-refractivity contribution in [3.05, 3.63) is 270 Å². The summed E-state index contributed by atoms with van der Waals surface area (Å²) in [5, 5.41) is 8.12. The summed E-state index contributed by atoms with van der Waals surface area (Å²) in [6, 6.07) is 85.4. The van der Waals surface area contributed by atoms with Gasteiger partial charge in [0.25, 0.3) is 0 Å². The summed E-state index contributed by atoms with van der Waals surface area (Å²) in [6.45, 7) is 13.7. The first-order valence-electron chi connectivity index (χ1n) is 26.6. The number of para-hydroxylation sites is 2. The molecular formula is C72H57N3O. The van der Waals surface area contributed by atoms with Gasteiger partial charge in [-0.05, 0) is 180 Å². The molecule has 0 amide bonds. The number of aromatic nitrogens is 1. The van der Waals surface area contributed by atoms with Crippen LogP contribution in [0.25, 0.3) is 54.3 Å². The zero-order valence-corrected chi connectivity index (χ0v) is 43.8. The average molecular weight is 980 g/mol. The Bertz CT molecular complexity index is 4180. The van der Waals surface area contributed by atoms with Crippen molar-refractivity contribution in [2.24, 2.45) is 0 Å². The first kappa shape index (κ1) is 45.6. The lowest BCUT2D eigenvalue weighted by molar-refractivity contribution is 0.438. The van der Waals surface area contributed by atoms with Crippen molar-refractivity contribution in [1.82, 2.24) is 4.98 Å². The highest BCUT2D eigenvalue weighted by Crippen LogP contribution is 2.66. The molecule has 11 aromatic carbocycles. The molecule has 2 heterocycles. The maximum atomic E-state index is 7.30. The Morgan fingerprint density at radius 2 is 0.855 bits per heavy atom. The Balaban J connectivity index is 1.11. The second kappa shape index (κ2) is 17.0. The lowest BCUT2D eigenvalue weighted by Crippen LogP contribution is -2.32. The fraction of sp³-hybridized carbons (Fsp3) is 0.125. The number of ether oxygens (including phenoxy) is 1. The summed E-state index contributed by atoms with van der Waals surface area (Å²) in [5.74, 6) is 1.68. The molecule has 1 aromatic heterocycles. The summed E-state index contributed by atoms with van der Waals surface area (Å²) in [6.07, 6.45) is 1.91. The van der Waals surface area contributed by atoms with Gasteiger partial charge in [0.15, 0.2) is 0 Å². The summed E-state index contributed by atoms with van der Waals surface area (Å²) in [5.41, 5.74) is 16.3. The molecule has 12 aromatic rings. The van der Waals surface area contributed by atoms with Gasteiger partial charge in [-0.25, -0.2) is 0 Å². The molecular weight excluding hydrogens is 923 g/mol. The van der Waals surface area contributed by atoms with Gasteiger partial charge in [0, 0.05) is 56.8 Å². The maximum Gasteiger partial charge on any atom is 0.132 e. The summed E-state index contributed by atoms with van der Waals surface area (Å²) >= 11 is 0. The van der Waals surface area contributed by atoms with Crippen molar-refractivity contribution in [2.75, 3.05) is 9.80 Å². The largest absolute Gasteiger partial charge is 0.457 e. The van der Waals surface area contributed by atoms with Crippen molar-refractivity contribution in [1.29, 1.82) is 0 Å². The number of anilines is 6. The minimum Gasteiger partial charge on any atom is -0.457 e. The van der Waals surface area contributed by atoms with Crippen LogP contribution in [-0.2, 0) is 16.2 Å². The van der Waals surface area contributed by atoms with Crippen molar-refractivity contribution in [3.63, 3.8) is 0 Å². The van der Waals surface area contributed by atoms with Gasteiger partial charge in [-0.15, -0.1) is 0 Å². The topological polar surface area (TPSA) is 28.6 Å². The van der Waals surface area contributed by atoms with Crippen LogP contribution in [0.15, 0.2) is 237 Å². The van der Waals surface area contributed by atoms with Gasteiger partial charge in [0.05, 0.1) is 10.9 Å². The zero-order chi connectivity index (χ0) is 51.5. The molecule has 0 saturated heterocycles. The molecule has 4 nitrogen and oxygen atoms in total. The molecule has 1 aliphatic heterocycles. The second-order valence-electron chi connectivity index (χ2n) is 22.8. The lowest BCUT2D eigenvalue weighted by Gasteiger charge is -2.41. The number of pyridine rings is 1. The Morgan fingerprint density at radius 3 is 1.47 bits per heavy atom. The van der Waals surface area contributed by atoms with Crippen LogP contribution in [0.3, 0.4) is 0 Å². The SMILES string of the molecule is CC(C)(C)c1ccc(N(c2ccccc2)c2ccc3c(c2)[C@]2(c4cc5ccccc5cc4Oc4cc5cccnc5cc42)c2c-3c3ccccc3c3cc(N(c4ccccc4)c4ccc(C(C)(C)C)cc4)ccc23)cc1. The third kappa shape index (κ3) is 7.08. The van der Waals surface area contributed by atoms with E-state index in [2.05, 4.69) is 276 Å². The van der Waals surface area contributed by atoms with Crippen molar-refractivity contribution in [2.45, 2.75) is 57.8 Å². The van der Waals surface area contributed by atoms with E-state index in [0.29, 0.717) is 0 Å². The van der Waals surface area contributed by atoms with Crippen LogP contribution in [0.4, 0.5) is 34.1 Å². The number of hydrogen-bond donors (Lipinski definition) is 0. The van der Waals surface area contributed by atoms with E-state index in [0.717, 1.165) is 78.4 Å². The van der Waals surface area contributed by atoms with E-state index in [-0.39, 0.29) is 10.8 Å². The van der Waals surface area contributed by atoms with Crippen LogP contribution < -0.4 is 14.5 Å². The van der Waals surface area contributed by atoms with E-state index >= 15 is 0 Å². The molecule has 1 atom stereocenters. The fourth-order valence-electron chi connectivity index (χ4n) is 12.5. The van der Waals surface area contributed by atoms with E-state index in [4.69, 9.17) is 9.72 Å². The van der Waals surface area contributed by atoms with Gasteiger partial charge >= 0.3 is 0 Å². The van der Waals surface area contributed by atoms with E-state index in [1.165, 1.54) is 54.9 Å². The highest BCUT2D eigenvalue weighted by atomic mass is 16.5. The molecule has 0 bridgehead atoms. The van der Waals surface area contributed by atoms with Gasteiger partial charge in [-0.2, -0.15) is 0 Å². The van der Waals surface area contributed by atoms with Crippen LogP contribution in [-0.4, -0.2) is 4.98 Å². The minimum absolute atomic E-state index is 0.0126. The first-order chi connectivity index (χ1) is 36.9. The third-order valence-electron chi connectivity index (χ3n) is 16.2. The standard InChI is InChI=1S/C72H57N3O/c1-70(2,3)49-27-31-53(32-28-49)74(51-21-9-7-10-22-51)55-35-37-59-61(43-55)57-25-15-16-26-58(57)68-60-38-36-56(75(52-23-11-8-12-24-52)54-33-29-50(30-34-54)71(4,5)6)44-62(60)72(69(59)68)63-40-46-18-13-14-19-47(46)41-66(63)76-67-42-48-20-17-39-73-65(48)45-64(67)72/h7-45H,1-6H3/t72-/m1/s1. The minimum atomic E-state index is -0.872. The van der Waals surface area contributed by atoms with Gasteiger partial charge in [0.1, 0.15) is 11.5 Å².